The summed E-state index contributed by atoms with van der Waals surface area (Å²) in [7, 11) is 0. The van der Waals surface area contributed by atoms with Crippen molar-refractivity contribution in [2.75, 3.05) is 6.61 Å². The number of halogens is 7. The summed E-state index contributed by atoms with van der Waals surface area (Å²) in [6.07, 6.45) is -4.72. The minimum Gasteiger partial charge on any atom is -0.481 e. The molecule has 15 heteroatoms. The average Bonchev–Trinajstić information content (AvgIpc) is 2.89. The number of ether oxygens (including phenoxy) is 1. The number of pyridine rings is 1. The van der Waals surface area contributed by atoms with E-state index in [-0.39, 0.29) is 16.8 Å². The summed E-state index contributed by atoms with van der Waals surface area (Å²) in [5.41, 5.74) is -2.10. The second-order valence-corrected chi connectivity index (χ2v) is 7.82. The standard InChI is InChI=1S/C23H15F7N2O6.C2H6/c24-13-6-14(25)20(27)21(19(13)26)38-9-16(33)15(7-18(35)36)31-17(34)8-32-4-3-10-1-2-11(23(28,29)30)5-12(10)22(32)37;1-2/h1-6,15H,7-9H2,(H,31,34)(H,35,36);1-2H3. The number of carbonyl (C=O) groups is 3. The first-order valence-electron chi connectivity index (χ1n) is 11.4. The van der Waals surface area contributed by atoms with Gasteiger partial charge in [-0.05, 0) is 23.6 Å². The Morgan fingerprint density at radius 2 is 1.60 bits per heavy atom. The van der Waals surface area contributed by atoms with Gasteiger partial charge in [-0.1, -0.05) is 19.9 Å². The highest BCUT2D eigenvalue weighted by Crippen LogP contribution is 2.30. The van der Waals surface area contributed by atoms with E-state index in [0.717, 1.165) is 18.3 Å². The van der Waals surface area contributed by atoms with Gasteiger partial charge in [0.15, 0.2) is 23.2 Å². The first-order valence-corrected chi connectivity index (χ1v) is 11.4. The van der Waals surface area contributed by atoms with Crippen molar-refractivity contribution in [2.24, 2.45) is 0 Å². The number of amides is 1. The third-order valence-corrected chi connectivity index (χ3v) is 5.15. The molecule has 3 rings (SSSR count). The maximum atomic E-state index is 13.7. The van der Waals surface area contributed by atoms with E-state index in [1.807, 2.05) is 19.2 Å². The molecule has 2 N–H and O–H groups in total. The van der Waals surface area contributed by atoms with E-state index in [4.69, 9.17) is 5.11 Å². The van der Waals surface area contributed by atoms with Gasteiger partial charge in [-0.3, -0.25) is 19.2 Å². The number of carboxylic acid groups (broad SMARTS) is 1. The summed E-state index contributed by atoms with van der Waals surface area (Å²) in [5.74, 6) is -13.2. The quantitative estimate of drug-likeness (QED) is 0.291. The second-order valence-electron chi connectivity index (χ2n) is 7.82. The van der Waals surface area contributed by atoms with E-state index < -0.39 is 89.6 Å². The number of carboxylic acids is 1. The molecule has 1 amide bonds. The molecule has 0 saturated carbocycles. The van der Waals surface area contributed by atoms with Crippen LogP contribution >= 0.6 is 0 Å². The van der Waals surface area contributed by atoms with Crippen LogP contribution in [0.2, 0.25) is 0 Å². The number of Topliss-reactive ketones (excluding diaryl/α,β-unsaturated/α-hetero) is 1. The Morgan fingerprint density at radius 1 is 1.00 bits per heavy atom. The number of benzene rings is 2. The minimum atomic E-state index is -4.74. The lowest BCUT2D eigenvalue weighted by Gasteiger charge is -2.17. The van der Waals surface area contributed by atoms with Crippen LogP contribution in [0.4, 0.5) is 30.7 Å². The molecular weight excluding hydrogens is 557 g/mol. The monoisotopic (exact) mass is 578 g/mol. The van der Waals surface area contributed by atoms with Gasteiger partial charge in [-0.2, -0.15) is 22.0 Å². The van der Waals surface area contributed by atoms with Crippen molar-refractivity contribution in [3.8, 4) is 5.75 Å². The summed E-state index contributed by atoms with van der Waals surface area (Å²) in [6.45, 7) is 1.83. The van der Waals surface area contributed by atoms with Crippen molar-refractivity contribution in [1.82, 2.24) is 9.88 Å². The highest BCUT2D eigenvalue weighted by molar-refractivity contribution is 5.93. The molecule has 2 aromatic carbocycles. The van der Waals surface area contributed by atoms with Crippen LogP contribution in [-0.4, -0.2) is 40.0 Å². The van der Waals surface area contributed by atoms with Gasteiger partial charge in [-0.15, -0.1) is 0 Å². The number of nitrogens with zero attached hydrogens (tertiary/aromatic N) is 1. The van der Waals surface area contributed by atoms with Crippen molar-refractivity contribution in [3.63, 3.8) is 0 Å². The molecule has 1 unspecified atom stereocenters. The van der Waals surface area contributed by atoms with Crippen LogP contribution in [0.15, 0.2) is 41.3 Å². The Balaban J connectivity index is 0.00000274. The lowest BCUT2D eigenvalue weighted by molar-refractivity contribution is -0.140. The molecule has 0 spiro atoms. The molecule has 0 bridgehead atoms. The molecule has 216 valence electrons. The minimum absolute atomic E-state index is 0.106. The van der Waals surface area contributed by atoms with Crippen molar-refractivity contribution >= 4 is 28.4 Å². The SMILES string of the molecule is CC.O=C(O)CC(NC(=O)Cn1ccc2ccc(C(F)(F)F)cc2c1=O)C(=O)COc1c(F)c(F)cc(F)c1F. The number of fused-ring (bicyclic) bond motifs is 1. The molecule has 8 nitrogen and oxygen atoms in total. The maximum Gasteiger partial charge on any atom is 0.416 e. The Kier molecular flexibility index (Phi) is 10.4. The molecular formula is C25H21F7N2O6. The van der Waals surface area contributed by atoms with Crippen molar-refractivity contribution in [3.05, 3.63) is 75.7 Å². The predicted molar refractivity (Wildman–Crippen MR) is 126 cm³/mol. The number of alkyl halides is 3. The van der Waals surface area contributed by atoms with Gasteiger partial charge >= 0.3 is 12.1 Å². The number of aromatic nitrogens is 1. The van der Waals surface area contributed by atoms with E-state index >= 15 is 0 Å². The largest absolute Gasteiger partial charge is 0.481 e. The zero-order chi connectivity index (χ0) is 30.4. The van der Waals surface area contributed by atoms with Crippen LogP contribution in [0, 0.1) is 23.3 Å². The van der Waals surface area contributed by atoms with Gasteiger partial charge in [0.05, 0.1) is 12.0 Å². The summed E-state index contributed by atoms with van der Waals surface area (Å²) < 4.78 is 98.2. The molecule has 0 aliphatic rings. The Bertz CT molecular complexity index is 1460. The van der Waals surface area contributed by atoms with Gasteiger partial charge in [0.25, 0.3) is 5.56 Å². The molecule has 40 heavy (non-hydrogen) atoms. The molecule has 1 heterocycles. The highest BCUT2D eigenvalue weighted by atomic mass is 19.4. The fourth-order valence-electron chi connectivity index (χ4n) is 3.32. The number of nitrogens with one attached hydrogen (secondary N) is 1. The first kappa shape index (κ1) is 31.8. The van der Waals surface area contributed by atoms with E-state index in [1.54, 1.807) is 0 Å². The van der Waals surface area contributed by atoms with Crippen LogP contribution in [-0.2, 0) is 27.1 Å². The number of carbonyl (C=O) groups excluding carboxylic acids is 2. The molecule has 3 aromatic rings. The Morgan fingerprint density at radius 3 is 2.15 bits per heavy atom. The molecule has 0 saturated heterocycles. The molecule has 0 radical (unpaired) electrons. The summed E-state index contributed by atoms with van der Waals surface area (Å²) in [6, 6.07) is 1.68. The second kappa shape index (κ2) is 13.1. The molecule has 1 aromatic heterocycles. The Labute approximate surface area is 221 Å². The third-order valence-electron chi connectivity index (χ3n) is 5.15. The van der Waals surface area contributed by atoms with Crippen LogP contribution in [0.3, 0.4) is 0 Å². The normalized spacial score (nSPS) is 11.8. The third kappa shape index (κ3) is 7.57. The fraction of sp³-hybridized carbons (Fsp3) is 0.280. The van der Waals surface area contributed by atoms with Crippen molar-refractivity contribution < 1.29 is 55.0 Å². The number of hydrogen-bond donors (Lipinski definition) is 2. The lowest BCUT2D eigenvalue weighted by atomic mass is 10.1. The number of ketones is 1. The van der Waals surface area contributed by atoms with Gasteiger partial charge in [0, 0.05) is 17.6 Å². The van der Waals surface area contributed by atoms with Crippen LogP contribution in [0.1, 0.15) is 25.8 Å². The average molecular weight is 578 g/mol. The van der Waals surface area contributed by atoms with Crippen LogP contribution < -0.4 is 15.6 Å². The fourth-order valence-corrected chi connectivity index (χ4v) is 3.32. The maximum absolute atomic E-state index is 13.7. The van der Waals surface area contributed by atoms with Gasteiger partial charge in [0.2, 0.25) is 17.5 Å². The number of rotatable bonds is 9. The van der Waals surface area contributed by atoms with E-state index in [9.17, 15) is 49.9 Å². The smallest absolute Gasteiger partial charge is 0.416 e. The molecule has 0 fully saturated rings. The molecule has 1 atom stereocenters. The first-order chi connectivity index (χ1) is 18.7. The van der Waals surface area contributed by atoms with Gasteiger partial charge in [-0.25, -0.2) is 8.78 Å². The van der Waals surface area contributed by atoms with Crippen LogP contribution in [0.25, 0.3) is 10.8 Å². The summed E-state index contributed by atoms with van der Waals surface area (Å²) >= 11 is 0. The van der Waals surface area contributed by atoms with Crippen LogP contribution in [0.5, 0.6) is 5.75 Å². The zero-order valence-corrected chi connectivity index (χ0v) is 20.7. The molecule has 0 aliphatic heterocycles. The zero-order valence-electron chi connectivity index (χ0n) is 20.7. The van der Waals surface area contributed by atoms with E-state index in [2.05, 4.69) is 4.74 Å². The Hall–Kier alpha value is -4.43. The van der Waals surface area contributed by atoms with Crippen molar-refractivity contribution in [1.29, 1.82) is 0 Å². The highest BCUT2D eigenvalue weighted by Gasteiger charge is 2.31. The summed E-state index contributed by atoms with van der Waals surface area (Å²) in [5, 5.41) is 10.8. The van der Waals surface area contributed by atoms with E-state index in [0.29, 0.717) is 10.6 Å². The topological polar surface area (TPSA) is 115 Å². The van der Waals surface area contributed by atoms with E-state index in [1.165, 1.54) is 6.07 Å². The van der Waals surface area contributed by atoms with Gasteiger partial charge in [0.1, 0.15) is 19.2 Å². The molecule has 0 aliphatic carbocycles. The van der Waals surface area contributed by atoms with Gasteiger partial charge < -0.3 is 19.7 Å². The number of aliphatic carboxylic acids is 1. The predicted octanol–water partition coefficient (Wildman–Crippen LogP) is 4.21. The van der Waals surface area contributed by atoms with Crippen molar-refractivity contribution in [2.45, 2.75) is 39.0 Å². The summed E-state index contributed by atoms with van der Waals surface area (Å²) in [4.78, 5) is 48.6. The number of hydrogen-bond acceptors (Lipinski definition) is 5. The lowest BCUT2D eigenvalue weighted by Crippen LogP contribution is -2.46.